The first kappa shape index (κ1) is 8.59. The Kier molecular flexibility index (Phi) is 4.04. The maximum atomic E-state index is 11.6. The van der Waals surface area contributed by atoms with Crippen molar-refractivity contribution in [3.8, 4) is 11.8 Å². The van der Waals surface area contributed by atoms with E-state index in [2.05, 4.69) is 18.3 Å². The van der Waals surface area contributed by atoms with Crippen LogP contribution in [0.25, 0.3) is 0 Å². The fourth-order valence-corrected chi connectivity index (χ4v) is 1.46. The van der Waals surface area contributed by atoms with E-state index in [4.69, 9.17) is 0 Å². The highest BCUT2D eigenvalue weighted by Gasteiger charge is 2.11. The van der Waals surface area contributed by atoms with Gasteiger partial charge in [0, 0.05) is 6.42 Å². The van der Waals surface area contributed by atoms with Crippen LogP contribution in [0.2, 0.25) is 0 Å². The molecule has 0 saturated heterocycles. The molecule has 1 heteroatoms. The Bertz CT molecular complexity index is 146. The summed E-state index contributed by atoms with van der Waals surface area (Å²) in [5.41, 5.74) is 0. The van der Waals surface area contributed by atoms with E-state index in [1.54, 1.807) is 0 Å². The van der Waals surface area contributed by atoms with Gasteiger partial charge < -0.3 is 0 Å². The molecule has 11 heavy (non-hydrogen) atoms. The van der Waals surface area contributed by atoms with Crippen LogP contribution in [0.15, 0.2) is 0 Å². The third kappa shape index (κ3) is 3.41. The Balaban J connectivity index is 2.14. The molecular weight excluding hydrogens is 139 g/mol. The maximum absolute atomic E-state index is 11.6. The monoisotopic (exact) mass is 153 g/mol. The van der Waals surface area contributed by atoms with Gasteiger partial charge in [-0.3, -0.25) is 0 Å². The molecule has 0 unspecified atom stereocenters. The van der Waals surface area contributed by atoms with Crippen molar-refractivity contribution in [3.63, 3.8) is 0 Å². The van der Waals surface area contributed by atoms with Crippen molar-refractivity contribution in [2.75, 3.05) is 6.67 Å². The summed E-state index contributed by atoms with van der Waals surface area (Å²) in [5, 5.41) is 0. The second-order valence-corrected chi connectivity index (χ2v) is 3.00. The molecule has 1 aliphatic rings. The lowest BCUT2D eigenvalue weighted by Gasteiger charge is -2.18. The minimum atomic E-state index is -0.487. The molecule has 0 atom stereocenters. The van der Waals surface area contributed by atoms with Gasteiger partial charge in [-0.25, -0.2) is 4.39 Å². The van der Waals surface area contributed by atoms with Crippen LogP contribution in [0, 0.1) is 24.2 Å². The minimum absolute atomic E-state index is 0.487. The van der Waals surface area contributed by atoms with Crippen LogP contribution in [-0.4, -0.2) is 6.67 Å². The predicted molar refractivity (Wildman–Crippen MR) is 44.6 cm³/mol. The minimum Gasteiger partial charge on any atom is -0.237 e. The van der Waals surface area contributed by atoms with Crippen molar-refractivity contribution in [1.29, 1.82) is 0 Å². The van der Waals surface area contributed by atoms with Crippen molar-refractivity contribution in [3.05, 3.63) is 6.42 Å². The van der Waals surface area contributed by atoms with Gasteiger partial charge in [0.05, 0.1) is 0 Å². The standard InChI is InChI=1S/C10H14F/c11-9-5-4-8-10-6-2-1-3-7-10/h1,10H,2-3,6-9H2. The van der Waals surface area contributed by atoms with Gasteiger partial charge >= 0.3 is 0 Å². The lowest BCUT2D eigenvalue weighted by molar-refractivity contribution is 0.414. The van der Waals surface area contributed by atoms with Crippen molar-refractivity contribution in [2.24, 2.45) is 5.92 Å². The molecule has 0 N–H and O–H groups in total. The third-order valence-electron chi connectivity index (χ3n) is 2.14. The molecule has 1 rings (SSSR count). The van der Waals surface area contributed by atoms with Crippen LogP contribution in [0.5, 0.6) is 0 Å². The van der Waals surface area contributed by atoms with Crippen molar-refractivity contribution < 1.29 is 4.39 Å². The average Bonchev–Trinajstić information content (AvgIpc) is 2.07. The van der Waals surface area contributed by atoms with Gasteiger partial charge in [-0.05, 0) is 38.0 Å². The van der Waals surface area contributed by atoms with Gasteiger partial charge in [0.2, 0.25) is 0 Å². The first-order chi connectivity index (χ1) is 5.43. The van der Waals surface area contributed by atoms with Crippen LogP contribution in [0.4, 0.5) is 4.39 Å². The van der Waals surface area contributed by atoms with E-state index >= 15 is 0 Å². The van der Waals surface area contributed by atoms with E-state index in [0.717, 1.165) is 12.3 Å². The molecule has 1 saturated carbocycles. The van der Waals surface area contributed by atoms with Crippen LogP contribution in [0.3, 0.4) is 0 Å². The molecule has 0 aliphatic heterocycles. The fourth-order valence-electron chi connectivity index (χ4n) is 1.46. The molecule has 0 heterocycles. The maximum Gasteiger partial charge on any atom is 0.150 e. The highest BCUT2D eigenvalue weighted by molar-refractivity contribution is 5.00. The lowest BCUT2D eigenvalue weighted by Crippen LogP contribution is -2.05. The molecule has 1 fully saturated rings. The second kappa shape index (κ2) is 5.18. The Morgan fingerprint density at radius 2 is 2.00 bits per heavy atom. The lowest BCUT2D eigenvalue weighted by atomic mass is 9.87. The zero-order valence-corrected chi connectivity index (χ0v) is 6.78. The number of alkyl halides is 1. The number of hydrogen-bond donors (Lipinski definition) is 0. The first-order valence-electron chi connectivity index (χ1n) is 4.27. The van der Waals surface area contributed by atoms with E-state index in [1.807, 2.05) is 0 Å². The van der Waals surface area contributed by atoms with Gasteiger partial charge in [-0.2, -0.15) is 0 Å². The van der Waals surface area contributed by atoms with Gasteiger partial charge in [-0.1, -0.05) is 5.92 Å². The number of rotatable bonds is 1. The summed E-state index contributed by atoms with van der Waals surface area (Å²) in [6.45, 7) is -0.487. The Morgan fingerprint density at radius 3 is 2.64 bits per heavy atom. The molecular formula is C10H14F. The van der Waals surface area contributed by atoms with Crippen molar-refractivity contribution in [2.45, 2.75) is 32.1 Å². The third-order valence-corrected chi connectivity index (χ3v) is 2.14. The molecule has 0 nitrogen and oxygen atoms in total. The smallest absolute Gasteiger partial charge is 0.150 e. The summed E-state index contributed by atoms with van der Waals surface area (Å²) in [7, 11) is 0. The van der Waals surface area contributed by atoms with Crippen LogP contribution in [-0.2, 0) is 0 Å². The quantitative estimate of drug-likeness (QED) is 0.508. The number of halogens is 1. The van der Waals surface area contributed by atoms with E-state index in [-0.39, 0.29) is 0 Å². The summed E-state index contributed by atoms with van der Waals surface area (Å²) in [6.07, 6.45) is 8.18. The van der Waals surface area contributed by atoms with Crippen LogP contribution in [0.1, 0.15) is 32.1 Å². The van der Waals surface area contributed by atoms with Crippen LogP contribution < -0.4 is 0 Å². The summed E-state index contributed by atoms with van der Waals surface area (Å²) in [5.74, 6) is 6.07. The molecule has 0 aromatic carbocycles. The van der Waals surface area contributed by atoms with E-state index in [9.17, 15) is 4.39 Å². The highest BCUT2D eigenvalue weighted by Crippen LogP contribution is 2.24. The zero-order chi connectivity index (χ0) is 7.94. The Morgan fingerprint density at radius 1 is 1.27 bits per heavy atom. The molecule has 0 bridgehead atoms. The first-order valence-corrected chi connectivity index (χ1v) is 4.27. The summed E-state index contributed by atoms with van der Waals surface area (Å²) >= 11 is 0. The largest absolute Gasteiger partial charge is 0.237 e. The molecule has 0 amide bonds. The molecule has 61 valence electrons. The fraction of sp³-hybridized carbons (Fsp3) is 0.700. The number of hydrogen-bond acceptors (Lipinski definition) is 0. The second-order valence-electron chi connectivity index (χ2n) is 3.00. The Labute approximate surface area is 68.2 Å². The average molecular weight is 153 g/mol. The summed E-state index contributed by atoms with van der Waals surface area (Å²) < 4.78 is 11.6. The van der Waals surface area contributed by atoms with Gasteiger partial charge in [-0.15, -0.1) is 5.92 Å². The highest BCUT2D eigenvalue weighted by atomic mass is 19.1. The molecule has 0 aromatic heterocycles. The van der Waals surface area contributed by atoms with E-state index in [0.29, 0.717) is 0 Å². The van der Waals surface area contributed by atoms with E-state index in [1.165, 1.54) is 25.7 Å². The molecule has 1 radical (unpaired) electrons. The molecule has 1 aliphatic carbocycles. The topological polar surface area (TPSA) is 0 Å². The SMILES string of the molecule is FCC#CCC1CC[CH]CC1. The van der Waals surface area contributed by atoms with Gasteiger partial charge in [0.25, 0.3) is 0 Å². The normalized spacial score (nSPS) is 19.0. The molecule has 0 aromatic rings. The Hall–Kier alpha value is -0.510. The zero-order valence-electron chi connectivity index (χ0n) is 6.78. The van der Waals surface area contributed by atoms with Gasteiger partial charge in [0.1, 0.15) is 6.67 Å². The van der Waals surface area contributed by atoms with Crippen molar-refractivity contribution in [1.82, 2.24) is 0 Å². The summed E-state index contributed by atoms with van der Waals surface area (Å²) in [6, 6.07) is 0. The van der Waals surface area contributed by atoms with E-state index < -0.39 is 6.67 Å². The van der Waals surface area contributed by atoms with Gasteiger partial charge in [0.15, 0.2) is 0 Å². The van der Waals surface area contributed by atoms with Crippen molar-refractivity contribution >= 4 is 0 Å². The van der Waals surface area contributed by atoms with Crippen LogP contribution >= 0.6 is 0 Å². The predicted octanol–water partition coefficient (Wildman–Crippen LogP) is 2.74. The molecule has 0 spiro atoms. The summed E-state index contributed by atoms with van der Waals surface area (Å²) in [4.78, 5) is 0.